The van der Waals surface area contributed by atoms with Gasteiger partial charge in [-0.2, -0.15) is 0 Å². The Hall–Kier alpha value is -1.39. The zero-order valence-corrected chi connectivity index (χ0v) is 11.1. The molecule has 2 aromatic rings. The third-order valence-electron chi connectivity index (χ3n) is 2.89. The van der Waals surface area contributed by atoms with Crippen LogP contribution in [0.4, 0.5) is 0 Å². The van der Waals surface area contributed by atoms with Gasteiger partial charge in [0.1, 0.15) is 11.4 Å². The molecule has 1 aliphatic heterocycles. The maximum atomic E-state index is 12.0. The van der Waals surface area contributed by atoms with Gasteiger partial charge in [-0.3, -0.25) is 4.79 Å². The molecule has 18 heavy (non-hydrogen) atoms. The Kier molecular flexibility index (Phi) is 3.06. The standard InChI is InChI=1S/C13H10ClNO2S/c14-10-3-8-1-2-17-13(8)9(4-10)5-12(16)11-6-18-7-15-11/h3-4,6-7H,1-2,5H2. The largest absolute Gasteiger partial charge is 0.493 e. The van der Waals surface area contributed by atoms with E-state index in [1.165, 1.54) is 11.3 Å². The van der Waals surface area contributed by atoms with Gasteiger partial charge in [-0.25, -0.2) is 4.98 Å². The second-order valence-corrected chi connectivity index (χ2v) is 5.28. The number of ether oxygens (including phenoxy) is 1. The van der Waals surface area contributed by atoms with Gasteiger partial charge in [0.05, 0.1) is 12.1 Å². The first-order chi connectivity index (χ1) is 8.74. The van der Waals surface area contributed by atoms with Gasteiger partial charge >= 0.3 is 0 Å². The summed E-state index contributed by atoms with van der Waals surface area (Å²) in [7, 11) is 0. The van der Waals surface area contributed by atoms with E-state index in [0.717, 1.165) is 23.3 Å². The molecule has 1 aliphatic rings. The summed E-state index contributed by atoms with van der Waals surface area (Å²) in [5.74, 6) is 0.819. The molecule has 92 valence electrons. The number of carbonyl (C=O) groups excluding carboxylic acids is 1. The number of Topliss-reactive ketones (excluding diaryl/α,β-unsaturated/α-hetero) is 1. The Balaban J connectivity index is 1.91. The van der Waals surface area contributed by atoms with E-state index in [9.17, 15) is 4.79 Å². The summed E-state index contributed by atoms with van der Waals surface area (Å²) in [5, 5.41) is 2.41. The predicted molar refractivity (Wildman–Crippen MR) is 70.8 cm³/mol. The first-order valence-electron chi connectivity index (χ1n) is 5.59. The summed E-state index contributed by atoms with van der Waals surface area (Å²) in [5.41, 5.74) is 4.11. The average molecular weight is 280 g/mol. The van der Waals surface area contributed by atoms with Crippen LogP contribution in [0.2, 0.25) is 5.02 Å². The lowest BCUT2D eigenvalue weighted by Gasteiger charge is -2.07. The number of nitrogens with zero attached hydrogens (tertiary/aromatic N) is 1. The number of fused-ring (bicyclic) bond motifs is 1. The minimum atomic E-state index is -0.00350. The summed E-state index contributed by atoms with van der Waals surface area (Å²) in [4.78, 5) is 16.1. The van der Waals surface area contributed by atoms with E-state index in [1.807, 2.05) is 6.07 Å². The van der Waals surface area contributed by atoms with Crippen LogP contribution in [0.3, 0.4) is 0 Å². The zero-order chi connectivity index (χ0) is 12.5. The van der Waals surface area contributed by atoms with Gasteiger partial charge in [0.2, 0.25) is 0 Å². The van der Waals surface area contributed by atoms with Gasteiger partial charge < -0.3 is 4.74 Å². The van der Waals surface area contributed by atoms with Crippen molar-refractivity contribution in [3.05, 3.63) is 44.9 Å². The Bertz CT molecular complexity index is 595. The van der Waals surface area contributed by atoms with Crippen LogP contribution in [0.15, 0.2) is 23.0 Å². The van der Waals surface area contributed by atoms with Crippen molar-refractivity contribution in [3.8, 4) is 5.75 Å². The maximum absolute atomic E-state index is 12.0. The van der Waals surface area contributed by atoms with Crippen LogP contribution in [0.25, 0.3) is 0 Å². The molecule has 2 heterocycles. The molecule has 3 rings (SSSR count). The molecule has 0 amide bonds. The zero-order valence-electron chi connectivity index (χ0n) is 9.48. The van der Waals surface area contributed by atoms with Gasteiger partial charge in [0.25, 0.3) is 0 Å². The molecule has 5 heteroatoms. The third kappa shape index (κ3) is 2.13. The highest BCUT2D eigenvalue weighted by molar-refractivity contribution is 7.07. The lowest BCUT2D eigenvalue weighted by Crippen LogP contribution is -2.05. The smallest absolute Gasteiger partial charge is 0.186 e. The molecule has 0 atom stereocenters. The predicted octanol–water partition coefficient (Wildman–Crippen LogP) is 3.16. The van der Waals surface area contributed by atoms with E-state index < -0.39 is 0 Å². The number of aromatic nitrogens is 1. The monoisotopic (exact) mass is 279 g/mol. The molecule has 0 N–H and O–H groups in total. The molecule has 0 saturated heterocycles. The van der Waals surface area contributed by atoms with Crippen LogP contribution in [0, 0.1) is 0 Å². The lowest BCUT2D eigenvalue weighted by molar-refractivity contribution is 0.0988. The van der Waals surface area contributed by atoms with Crippen molar-refractivity contribution in [3.63, 3.8) is 0 Å². The highest BCUT2D eigenvalue weighted by atomic mass is 35.5. The summed E-state index contributed by atoms with van der Waals surface area (Å²) in [6, 6.07) is 3.71. The fraction of sp³-hybridized carbons (Fsp3) is 0.231. The van der Waals surface area contributed by atoms with Gasteiger partial charge in [-0.05, 0) is 17.7 Å². The van der Waals surface area contributed by atoms with E-state index in [0.29, 0.717) is 17.3 Å². The molecule has 0 spiro atoms. The SMILES string of the molecule is O=C(Cc1cc(Cl)cc2c1OCC2)c1cscn1. The van der Waals surface area contributed by atoms with E-state index in [2.05, 4.69) is 4.98 Å². The molecule has 3 nitrogen and oxygen atoms in total. The van der Waals surface area contributed by atoms with Gasteiger partial charge in [-0.15, -0.1) is 11.3 Å². The molecule has 0 aliphatic carbocycles. The fourth-order valence-corrected chi connectivity index (χ4v) is 2.91. The minimum absolute atomic E-state index is 0.00350. The van der Waals surface area contributed by atoms with Crippen molar-refractivity contribution < 1.29 is 9.53 Å². The summed E-state index contributed by atoms with van der Waals surface area (Å²) in [6.07, 6.45) is 1.14. The summed E-state index contributed by atoms with van der Waals surface area (Å²) in [6.45, 7) is 0.660. The maximum Gasteiger partial charge on any atom is 0.186 e. The van der Waals surface area contributed by atoms with Crippen LogP contribution in [-0.4, -0.2) is 17.4 Å². The lowest BCUT2D eigenvalue weighted by atomic mass is 10.0. The molecular formula is C13H10ClNO2S. The Morgan fingerprint density at radius 1 is 1.50 bits per heavy atom. The first-order valence-corrected chi connectivity index (χ1v) is 6.91. The molecule has 0 saturated carbocycles. The Morgan fingerprint density at radius 2 is 2.39 bits per heavy atom. The van der Waals surface area contributed by atoms with Gasteiger partial charge in [0, 0.05) is 28.8 Å². The highest BCUT2D eigenvalue weighted by Gasteiger charge is 2.20. The number of carbonyl (C=O) groups is 1. The van der Waals surface area contributed by atoms with Crippen molar-refractivity contribution in [1.29, 1.82) is 0 Å². The van der Waals surface area contributed by atoms with Crippen LogP contribution in [-0.2, 0) is 12.8 Å². The fourth-order valence-electron chi connectivity index (χ4n) is 2.09. The van der Waals surface area contributed by atoms with Crippen molar-refractivity contribution in [2.24, 2.45) is 0 Å². The molecule has 1 aromatic carbocycles. The number of halogens is 1. The van der Waals surface area contributed by atoms with Crippen LogP contribution >= 0.6 is 22.9 Å². The number of hydrogen-bond acceptors (Lipinski definition) is 4. The third-order valence-corrected chi connectivity index (χ3v) is 3.70. The van der Waals surface area contributed by atoms with Gasteiger partial charge in [-0.1, -0.05) is 11.6 Å². The van der Waals surface area contributed by atoms with E-state index in [4.69, 9.17) is 16.3 Å². The average Bonchev–Trinajstić information content (AvgIpc) is 2.98. The highest BCUT2D eigenvalue weighted by Crippen LogP contribution is 2.33. The first kappa shape index (κ1) is 11.7. The van der Waals surface area contributed by atoms with Crippen LogP contribution in [0.1, 0.15) is 21.6 Å². The summed E-state index contributed by atoms with van der Waals surface area (Å²) < 4.78 is 5.57. The second kappa shape index (κ2) is 4.71. The molecule has 0 radical (unpaired) electrons. The Morgan fingerprint density at radius 3 is 3.17 bits per heavy atom. The number of thiazole rings is 1. The molecule has 0 unspecified atom stereocenters. The summed E-state index contributed by atoms with van der Waals surface area (Å²) >= 11 is 7.47. The van der Waals surface area contributed by atoms with Crippen molar-refractivity contribution in [2.45, 2.75) is 12.8 Å². The minimum Gasteiger partial charge on any atom is -0.493 e. The van der Waals surface area contributed by atoms with E-state index in [1.54, 1.807) is 17.0 Å². The normalized spacial score (nSPS) is 13.2. The van der Waals surface area contributed by atoms with E-state index >= 15 is 0 Å². The number of rotatable bonds is 3. The number of hydrogen-bond donors (Lipinski definition) is 0. The van der Waals surface area contributed by atoms with Crippen molar-refractivity contribution in [2.75, 3.05) is 6.61 Å². The molecule has 1 aromatic heterocycles. The van der Waals surface area contributed by atoms with Crippen LogP contribution in [0.5, 0.6) is 5.75 Å². The quantitative estimate of drug-likeness (QED) is 0.810. The van der Waals surface area contributed by atoms with E-state index in [-0.39, 0.29) is 12.2 Å². The number of ketones is 1. The molecule has 0 bridgehead atoms. The molecule has 0 fully saturated rings. The second-order valence-electron chi connectivity index (χ2n) is 4.13. The van der Waals surface area contributed by atoms with Crippen LogP contribution < -0.4 is 4.74 Å². The van der Waals surface area contributed by atoms with Crippen molar-refractivity contribution >= 4 is 28.7 Å². The number of benzene rings is 1. The van der Waals surface area contributed by atoms with Gasteiger partial charge in [0.15, 0.2) is 5.78 Å². The topological polar surface area (TPSA) is 39.2 Å². The van der Waals surface area contributed by atoms with Crippen molar-refractivity contribution in [1.82, 2.24) is 4.98 Å². The Labute approximate surface area is 113 Å². The molecular weight excluding hydrogens is 270 g/mol.